The molecule has 0 spiro atoms. The first-order valence-corrected chi connectivity index (χ1v) is 7.94. The Balaban J connectivity index is 1.62. The standard InChI is InChI=1S/C17H14BrN3O3/c1-11(20-21-17(22)13-7-14(18)9-19-8-13)2-3-12-4-5-15-16(6-12)24-10-23-15/h2-9H,10H2,1H3,(H,21,22). The van der Waals surface area contributed by atoms with E-state index in [-0.39, 0.29) is 12.7 Å². The molecule has 122 valence electrons. The number of nitrogens with one attached hydrogen (secondary N) is 1. The molecule has 2 aromatic rings. The van der Waals surface area contributed by atoms with Crippen LogP contribution >= 0.6 is 15.9 Å². The van der Waals surface area contributed by atoms with E-state index in [2.05, 4.69) is 31.4 Å². The Bertz CT molecular complexity index is 834. The van der Waals surface area contributed by atoms with Gasteiger partial charge in [0.2, 0.25) is 6.79 Å². The van der Waals surface area contributed by atoms with Crippen molar-refractivity contribution in [2.75, 3.05) is 6.79 Å². The molecule has 1 aromatic heterocycles. The van der Waals surface area contributed by atoms with Gasteiger partial charge in [0.15, 0.2) is 11.5 Å². The van der Waals surface area contributed by atoms with Gasteiger partial charge in [-0.05, 0) is 52.7 Å². The summed E-state index contributed by atoms with van der Waals surface area (Å²) in [6.07, 6.45) is 6.78. The normalized spacial score (nSPS) is 13.3. The Kier molecular flexibility index (Phi) is 4.90. The number of hydrogen-bond acceptors (Lipinski definition) is 5. The van der Waals surface area contributed by atoms with Gasteiger partial charge < -0.3 is 9.47 Å². The number of pyridine rings is 1. The Morgan fingerprint density at radius 1 is 1.29 bits per heavy atom. The highest BCUT2D eigenvalue weighted by Gasteiger charge is 2.12. The fourth-order valence-electron chi connectivity index (χ4n) is 2.01. The molecule has 0 saturated heterocycles. The number of carbonyl (C=O) groups excluding carboxylic acids is 1. The first kappa shape index (κ1) is 16.2. The second kappa shape index (κ2) is 7.27. The minimum absolute atomic E-state index is 0.249. The van der Waals surface area contributed by atoms with Crippen LogP contribution in [0.1, 0.15) is 22.8 Å². The van der Waals surface area contributed by atoms with Crippen LogP contribution in [0.5, 0.6) is 11.5 Å². The van der Waals surface area contributed by atoms with Crippen molar-refractivity contribution in [3.63, 3.8) is 0 Å². The average molecular weight is 388 g/mol. The highest BCUT2D eigenvalue weighted by atomic mass is 79.9. The molecule has 24 heavy (non-hydrogen) atoms. The van der Waals surface area contributed by atoms with Gasteiger partial charge in [0.1, 0.15) is 0 Å². The van der Waals surface area contributed by atoms with Gasteiger partial charge in [0, 0.05) is 16.9 Å². The van der Waals surface area contributed by atoms with Crippen LogP contribution in [0.4, 0.5) is 0 Å². The first-order valence-electron chi connectivity index (χ1n) is 7.15. The van der Waals surface area contributed by atoms with Crippen LogP contribution in [0.15, 0.2) is 52.3 Å². The lowest BCUT2D eigenvalue weighted by molar-refractivity contribution is 0.0954. The molecule has 0 saturated carbocycles. The molecule has 0 atom stereocenters. The number of aromatic nitrogens is 1. The van der Waals surface area contributed by atoms with Crippen molar-refractivity contribution in [2.24, 2.45) is 5.10 Å². The van der Waals surface area contributed by atoms with Gasteiger partial charge in [-0.3, -0.25) is 9.78 Å². The molecule has 1 aliphatic rings. The Labute approximate surface area is 147 Å². The third-order valence-electron chi connectivity index (χ3n) is 3.21. The van der Waals surface area contributed by atoms with Crippen LogP contribution in [-0.2, 0) is 0 Å². The smallest absolute Gasteiger partial charge is 0.272 e. The summed E-state index contributed by atoms with van der Waals surface area (Å²) in [5, 5.41) is 4.05. The van der Waals surface area contributed by atoms with Crippen LogP contribution in [0.25, 0.3) is 6.08 Å². The van der Waals surface area contributed by atoms with E-state index in [0.29, 0.717) is 11.3 Å². The SMILES string of the molecule is CC(C=Cc1ccc2c(c1)OCO2)=NNC(=O)c1cncc(Br)c1. The molecule has 1 aromatic carbocycles. The van der Waals surface area contributed by atoms with Gasteiger partial charge in [-0.15, -0.1) is 0 Å². The van der Waals surface area contributed by atoms with E-state index in [9.17, 15) is 4.79 Å². The van der Waals surface area contributed by atoms with E-state index < -0.39 is 0 Å². The molecule has 0 unspecified atom stereocenters. The number of amides is 1. The minimum atomic E-state index is -0.320. The predicted molar refractivity (Wildman–Crippen MR) is 94.1 cm³/mol. The van der Waals surface area contributed by atoms with E-state index in [1.807, 2.05) is 24.3 Å². The van der Waals surface area contributed by atoms with E-state index in [1.165, 1.54) is 6.20 Å². The van der Waals surface area contributed by atoms with E-state index in [0.717, 1.165) is 21.5 Å². The van der Waals surface area contributed by atoms with Crippen molar-refractivity contribution in [2.45, 2.75) is 6.92 Å². The van der Waals surface area contributed by atoms with Crippen molar-refractivity contribution < 1.29 is 14.3 Å². The lowest BCUT2D eigenvalue weighted by Gasteiger charge is -2.01. The van der Waals surface area contributed by atoms with Gasteiger partial charge in [0.05, 0.1) is 11.3 Å². The zero-order chi connectivity index (χ0) is 16.9. The monoisotopic (exact) mass is 387 g/mol. The van der Waals surface area contributed by atoms with Gasteiger partial charge in [-0.2, -0.15) is 5.10 Å². The molecular weight excluding hydrogens is 374 g/mol. The number of benzene rings is 1. The fraction of sp³-hybridized carbons (Fsp3) is 0.118. The first-order chi connectivity index (χ1) is 11.6. The number of allylic oxidation sites excluding steroid dienone is 1. The summed E-state index contributed by atoms with van der Waals surface area (Å²) < 4.78 is 11.3. The number of carbonyl (C=O) groups is 1. The average Bonchev–Trinajstić information content (AvgIpc) is 3.05. The van der Waals surface area contributed by atoms with E-state index in [4.69, 9.17) is 9.47 Å². The molecule has 6 nitrogen and oxygen atoms in total. The third kappa shape index (κ3) is 3.99. The van der Waals surface area contributed by atoms with E-state index in [1.54, 1.807) is 25.3 Å². The molecule has 0 bridgehead atoms. The third-order valence-corrected chi connectivity index (χ3v) is 3.65. The van der Waals surface area contributed by atoms with Crippen LogP contribution in [0.3, 0.4) is 0 Å². The second-order valence-electron chi connectivity index (χ2n) is 5.03. The maximum atomic E-state index is 12.0. The molecule has 2 heterocycles. The number of halogens is 1. The van der Waals surface area contributed by atoms with Gasteiger partial charge >= 0.3 is 0 Å². The number of hydrazone groups is 1. The van der Waals surface area contributed by atoms with Crippen molar-refractivity contribution in [3.05, 3.63) is 58.3 Å². The predicted octanol–water partition coefficient (Wildman–Crippen LogP) is 3.39. The van der Waals surface area contributed by atoms with Crippen molar-refractivity contribution in [1.29, 1.82) is 0 Å². The van der Waals surface area contributed by atoms with Gasteiger partial charge in [-0.1, -0.05) is 12.1 Å². The van der Waals surface area contributed by atoms with Crippen LogP contribution < -0.4 is 14.9 Å². The second-order valence-corrected chi connectivity index (χ2v) is 5.95. The van der Waals surface area contributed by atoms with E-state index >= 15 is 0 Å². The molecule has 7 heteroatoms. The fourth-order valence-corrected chi connectivity index (χ4v) is 2.38. The number of fused-ring (bicyclic) bond motifs is 1. The summed E-state index contributed by atoms with van der Waals surface area (Å²) in [6, 6.07) is 7.34. The van der Waals surface area contributed by atoms with Crippen LogP contribution in [0, 0.1) is 0 Å². The molecule has 3 rings (SSSR count). The minimum Gasteiger partial charge on any atom is -0.454 e. The van der Waals surface area contributed by atoms with Crippen molar-refractivity contribution in [3.8, 4) is 11.5 Å². The molecule has 1 N–H and O–H groups in total. The number of rotatable bonds is 4. The highest BCUT2D eigenvalue weighted by Crippen LogP contribution is 2.32. The van der Waals surface area contributed by atoms with Crippen LogP contribution in [0.2, 0.25) is 0 Å². The lowest BCUT2D eigenvalue weighted by atomic mass is 10.2. The summed E-state index contributed by atoms with van der Waals surface area (Å²) in [6.45, 7) is 2.04. The molecular formula is C17H14BrN3O3. The largest absolute Gasteiger partial charge is 0.454 e. The summed E-state index contributed by atoms with van der Waals surface area (Å²) >= 11 is 3.27. The molecule has 0 fully saturated rings. The molecule has 0 aliphatic carbocycles. The van der Waals surface area contributed by atoms with Gasteiger partial charge in [0.25, 0.3) is 5.91 Å². The summed E-state index contributed by atoms with van der Waals surface area (Å²) in [4.78, 5) is 15.9. The maximum Gasteiger partial charge on any atom is 0.272 e. The number of nitrogens with zero attached hydrogens (tertiary/aromatic N) is 2. The summed E-state index contributed by atoms with van der Waals surface area (Å²) in [7, 11) is 0. The molecule has 1 amide bonds. The molecule has 0 radical (unpaired) electrons. The van der Waals surface area contributed by atoms with Crippen LogP contribution in [-0.4, -0.2) is 23.4 Å². The zero-order valence-corrected chi connectivity index (χ0v) is 14.4. The van der Waals surface area contributed by atoms with Crippen molar-refractivity contribution >= 4 is 33.6 Å². The zero-order valence-electron chi connectivity index (χ0n) is 12.8. The number of ether oxygens (including phenoxy) is 2. The maximum absolute atomic E-state index is 12.0. The molecule has 1 aliphatic heterocycles. The summed E-state index contributed by atoms with van der Waals surface area (Å²) in [5.74, 6) is 1.15. The Morgan fingerprint density at radius 2 is 2.12 bits per heavy atom. The highest BCUT2D eigenvalue weighted by molar-refractivity contribution is 9.10. The lowest BCUT2D eigenvalue weighted by Crippen LogP contribution is -2.18. The topological polar surface area (TPSA) is 72.8 Å². The van der Waals surface area contributed by atoms with Crippen molar-refractivity contribution in [1.82, 2.24) is 10.4 Å². The summed E-state index contributed by atoms with van der Waals surface area (Å²) in [5.41, 5.74) is 4.54. The quantitative estimate of drug-likeness (QED) is 0.644. The van der Waals surface area contributed by atoms with Gasteiger partial charge in [-0.25, -0.2) is 5.43 Å². The Morgan fingerprint density at radius 3 is 2.96 bits per heavy atom. The Hall–Kier alpha value is -2.67. The number of hydrogen-bond donors (Lipinski definition) is 1.